The Kier molecular flexibility index (Phi) is 4.04. The Morgan fingerprint density at radius 1 is 1.39 bits per heavy atom. The van der Waals surface area contributed by atoms with E-state index in [0.717, 1.165) is 29.1 Å². The van der Waals surface area contributed by atoms with Gasteiger partial charge < -0.3 is 10.3 Å². The van der Waals surface area contributed by atoms with Gasteiger partial charge in [0.05, 0.1) is 6.54 Å². The monoisotopic (exact) mass is 308 g/mol. The maximum absolute atomic E-state index is 5.81. The molecule has 0 bridgehead atoms. The van der Waals surface area contributed by atoms with Crippen LogP contribution in [0.2, 0.25) is 0 Å². The molecule has 4 nitrogen and oxygen atoms in total. The van der Waals surface area contributed by atoms with Gasteiger partial charge in [-0.3, -0.25) is 4.90 Å². The molecule has 5 heteroatoms. The van der Waals surface area contributed by atoms with E-state index in [1.807, 2.05) is 42.2 Å². The molecule has 0 amide bonds. The second-order valence-electron chi connectivity index (χ2n) is 4.48. The van der Waals surface area contributed by atoms with Gasteiger partial charge >= 0.3 is 0 Å². The van der Waals surface area contributed by atoms with Gasteiger partial charge in [0.25, 0.3) is 0 Å². The van der Waals surface area contributed by atoms with Crippen molar-refractivity contribution in [2.45, 2.75) is 13.1 Å². The van der Waals surface area contributed by atoms with Gasteiger partial charge in [0.2, 0.25) is 0 Å². The lowest BCUT2D eigenvalue weighted by molar-refractivity contribution is 0.306. The van der Waals surface area contributed by atoms with Crippen molar-refractivity contribution in [2.75, 3.05) is 12.8 Å². The van der Waals surface area contributed by atoms with E-state index in [1.54, 1.807) is 0 Å². The highest BCUT2D eigenvalue weighted by Crippen LogP contribution is 2.21. The number of aryl methyl sites for hydroxylation is 1. The van der Waals surface area contributed by atoms with E-state index in [1.165, 1.54) is 5.56 Å². The van der Waals surface area contributed by atoms with E-state index in [0.29, 0.717) is 0 Å². The molecule has 1 aromatic carbocycles. The second-order valence-corrected chi connectivity index (χ2v) is 5.33. The van der Waals surface area contributed by atoms with Crippen LogP contribution in [0.4, 0.5) is 5.69 Å². The number of nitrogen functional groups attached to an aromatic ring is 1. The molecule has 0 aliphatic carbocycles. The van der Waals surface area contributed by atoms with Crippen LogP contribution in [0.1, 0.15) is 11.4 Å². The highest BCUT2D eigenvalue weighted by molar-refractivity contribution is 9.10. The maximum Gasteiger partial charge on any atom is 0.122 e. The van der Waals surface area contributed by atoms with Crippen molar-refractivity contribution in [3.05, 3.63) is 46.5 Å². The molecular formula is C13H17BrN4. The number of halogens is 1. The van der Waals surface area contributed by atoms with Gasteiger partial charge in [-0.15, -0.1) is 0 Å². The molecule has 2 N–H and O–H groups in total. The van der Waals surface area contributed by atoms with E-state index in [2.05, 4.69) is 32.9 Å². The number of rotatable bonds is 4. The average molecular weight is 309 g/mol. The number of aromatic nitrogens is 2. The first-order chi connectivity index (χ1) is 8.56. The number of nitrogens with two attached hydrogens (primary N) is 1. The third kappa shape index (κ3) is 3.11. The fourth-order valence-electron chi connectivity index (χ4n) is 1.85. The summed E-state index contributed by atoms with van der Waals surface area (Å²) in [5.74, 6) is 1.05. The number of anilines is 1. The van der Waals surface area contributed by atoms with Crippen molar-refractivity contribution >= 4 is 21.6 Å². The Bertz CT molecular complexity index is 536. The molecule has 0 radical (unpaired) electrons. The summed E-state index contributed by atoms with van der Waals surface area (Å²) in [7, 11) is 4.08. The molecule has 2 rings (SSSR count). The molecule has 0 unspecified atom stereocenters. The van der Waals surface area contributed by atoms with Crippen molar-refractivity contribution in [3.63, 3.8) is 0 Å². The van der Waals surface area contributed by atoms with Crippen molar-refractivity contribution in [1.29, 1.82) is 0 Å². The van der Waals surface area contributed by atoms with Crippen molar-refractivity contribution < 1.29 is 0 Å². The molecule has 18 heavy (non-hydrogen) atoms. The van der Waals surface area contributed by atoms with Crippen LogP contribution < -0.4 is 5.73 Å². The van der Waals surface area contributed by atoms with Crippen LogP contribution in [-0.2, 0) is 20.1 Å². The fraction of sp³-hybridized carbons (Fsp3) is 0.308. The van der Waals surface area contributed by atoms with Gasteiger partial charge in [-0.1, -0.05) is 15.9 Å². The molecule has 0 saturated carbocycles. The van der Waals surface area contributed by atoms with Crippen LogP contribution in [-0.4, -0.2) is 21.5 Å². The second kappa shape index (κ2) is 5.54. The van der Waals surface area contributed by atoms with Crippen LogP contribution in [0, 0.1) is 0 Å². The lowest BCUT2D eigenvalue weighted by Gasteiger charge is -2.17. The summed E-state index contributed by atoms with van der Waals surface area (Å²) in [6, 6.07) is 5.88. The van der Waals surface area contributed by atoms with Crippen molar-refractivity contribution in [3.8, 4) is 0 Å². The first kappa shape index (κ1) is 13.1. The van der Waals surface area contributed by atoms with Crippen LogP contribution in [0.15, 0.2) is 35.1 Å². The molecule has 1 aromatic heterocycles. The van der Waals surface area contributed by atoms with Gasteiger partial charge in [0.15, 0.2) is 0 Å². The number of imidazole rings is 1. The van der Waals surface area contributed by atoms with Gasteiger partial charge in [-0.05, 0) is 30.8 Å². The standard InChI is InChI=1S/C13H17BrN4/c1-17(9-13-16-5-6-18(13)2)8-10-7-11(15)3-4-12(10)14/h3-7H,8-9,15H2,1-2H3. The van der Waals surface area contributed by atoms with E-state index in [9.17, 15) is 0 Å². The Balaban J connectivity index is 2.05. The predicted octanol–water partition coefficient (Wildman–Crippen LogP) is 2.40. The largest absolute Gasteiger partial charge is 0.399 e. The summed E-state index contributed by atoms with van der Waals surface area (Å²) in [5.41, 5.74) is 7.78. The zero-order chi connectivity index (χ0) is 13.1. The lowest BCUT2D eigenvalue weighted by Crippen LogP contribution is -2.19. The Labute approximate surface area is 116 Å². The van der Waals surface area contributed by atoms with Crippen LogP contribution >= 0.6 is 15.9 Å². The zero-order valence-corrected chi connectivity index (χ0v) is 12.2. The Hall–Kier alpha value is -1.33. The molecule has 0 atom stereocenters. The van der Waals surface area contributed by atoms with Crippen molar-refractivity contribution in [1.82, 2.24) is 14.5 Å². The first-order valence-corrected chi connectivity index (χ1v) is 6.54. The molecule has 0 fully saturated rings. The van der Waals surface area contributed by atoms with Crippen molar-refractivity contribution in [2.24, 2.45) is 7.05 Å². The van der Waals surface area contributed by atoms with Crippen LogP contribution in [0.5, 0.6) is 0 Å². The van der Waals surface area contributed by atoms with E-state index >= 15 is 0 Å². The average Bonchev–Trinajstić information content (AvgIpc) is 2.70. The highest BCUT2D eigenvalue weighted by atomic mass is 79.9. The maximum atomic E-state index is 5.81. The van der Waals surface area contributed by atoms with E-state index in [4.69, 9.17) is 5.73 Å². The SMILES string of the molecule is CN(Cc1cc(N)ccc1Br)Cc1nccn1C. The number of benzene rings is 1. The minimum absolute atomic E-state index is 0.790. The van der Waals surface area contributed by atoms with Gasteiger partial charge in [0, 0.05) is 36.1 Å². The molecule has 0 saturated heterocycles. The van der Waals surface area contributed by atoms with Gasteiger partial charge in [-0.2, -0.15) is 0 Å². The highest BCUT2D eigenvalue weighted by Gasteiger charge is 2.07. The van der Waals surface area contributed by atoms with E-state index < -0.39 is 0 Å². The summed E-state index contributed by atoms with van der Waals surface area (Å²) < 4.78 is 3.12. The zero-order valence-electron chi connectivity index (χ0n) is 10.6. The molecule has 0 aliphatic rings. The summed E-state index contributed by atoms with van der Waals surface area (Å²) >= 11 is 3.55. The lowest BCUT2D eigenvalue weighted by atomic mass is 10.2. The minimum atomic E-state index is 0.790. The third-order valence-corrected chi connectivity index (χ3v) is 3.62. The number of hydrogen-bond donors (Lipinski definition) is 1. The predicted molar refractivity (Wildman–Crippen MR) is 76.9 cm³/mol. The topological polar surface area (TPSA) is 47.1 Å². The molecular weight excluding hydrogens is 292 g/mol. The quantitative estimate of drug-likeness (QED) is 0.882. The van der Waals surface area contributed by atoms with Gasteiger partial charge in [-0.25, -0.2) is 4.98 Å². The van der Waals surface area contributed by atoms with Crippen LogP contribution in [0.3, 0.4) is 0 Å². The summed E-state index contributed by atoms with van der Waals surface area (Å²) in [4.78, 5) is 6.53. The first-order valence-electron chi connectivity index (χ1n) is 5.75. The minimum Gasteiger partial charge on any atom is -0.399 e. The molecule has 2 aromatic rings. The third-order valence-electron chi connectivity index (χ3n) is 2.84. The van der Waals surface area contributed by atoms with E-state index in [-0.39, 0.29) is 0 Å². The summed E-state index contributed by atoms with van der Waals surface area (Å²) in [6.45, 7) is 1.64. The summed E-state index contributed by atoms with van der Waals surface area (Å²) in [6.07, 6.45) is 3.78. The van der Waals surface area contributed by atoms with Crippen LogP contribution in [0.25, 0.3) is 0 Å². The Morgan fingerprint density at radius 3 is 2.83 bits per heavy atom. The summed E-state index contributed by atoms with van der Waals surface area (Å²) in [5, 5.41) is 0. The number of nitrogens with zero attached hydrogens (tertiary/aromatic N) is 3. The number of hydrogen-bond acceptors (Lipinski definition) is 3. The fourth-order valence-corrected chi connectivity index (χ4v) is 2.22. The Morgan fingerprint density at radius 2 is 2.17 bits per heavy atom. The molecule has 0 aliphatic heterocycles. The van der Waals surface area contributed by atoms with Gasteiger partial charge in [0.1, 0.15) is 5.82 Å². The smallest absolute Gasteiger partial charge is 0.122 e. The molecule has 96 valence electrons. The molecule has 0 spiro atoms. The normalized spacial score (nSPS) is 11.1. The molecule has 1 heterocycles.